The zero-order valence-corrected chi connectivity index (χ0v) is 24.3. The highest BCUT2D eigenvalue weighted by atomic mass is 28.4. The van der Waals surface area contributed by atoms with Crippen LogP contribution in [-0.4, -0.2) is 49.7 Å². The van der Waals surface area contributed by atoms with Gasteiger partial charge in [0.2, 0.25) is 0 Å². The number of carbonyl (C=O) groups is 1. The van der Waals surface area contributed by atoms with Gasteiger partial charge < -0.3 is 14.3 Å². The van der Waals surface area contributed by atoms with E-state index in [0.29, 0.717) is 6.61 Å². The summed E-state index contributed by atoms with van der Waals surface area (Å²) in [6.45, 7) is 11.1. The molecule has 1 amide bonds. The van der Waals surface area contributed by atoms with Crippen LogP contribution in [0.3, 0.4) is 0 Å². The largest absolute Gasteiger partial charge is 0.445 e. The third-order valence-electron chi connectivity index (χ3n) is 7.89. The molecule has 1 fully saturated rings. The summed E-state index contributed by atoms with van der Waals surface area (Å²) < 4.78 is 13.0. The number of rotatable bonds is 9. The van der Waals surface area contributed by atoms with Gasteiger partial charge in [0, 0.05) is 0 Å². The van der Waals surface area contributed by atoms with Crippen LogP contribution in [0.5, 0.6) is 0 Å². The number of piperidine rings is 1. The second-order valence-corrected chi connectivity index (χ2v) is 15.6. The minimum atomic E-state index is -2.79. The number of nitrogens with zero attached hydrogens (tertiary/aromatic N) is 1. The Hall–Kier alpha value is -3.19. The number of carbonyl (C=O) groups excluding carboxylic acids is 1. The van der Waals surface area contributed by atoms with Crippen LogP contribution < -0.4 is 10.4 Å². The smallest absolute Gasteiger partial charge is 0.410 e. The quantitative estimate of drug-likeness (QED) is 0.285. The molecule has 1 saturated heterocycles. The maximum absolute atomic E-state index is 13.6. The van der Waals surface area contributed by atoms with E-state index >= 15 is 0 Å². The van der Waals surface area contributed by atoms with E-state index < -0.39 is 20.5 Å². The number of benzene rings is 3. The summed E-state index contributed by atoms with van der Waals surface area (Å²) in [5.74, 6) is -0.0107. The van der Waals surface area contributed by atoms with Gasteiger partial charge in [0.1, 0.15) is 6.61 Å². The lowest BCUT2D eigenvalue weighted by atomic mass is 9.86. The number of amides is 1. The number of hydrogen-bond acceptors (Lipinski definition) is 4. The standard InChI is InChI=1S/C33H41NO4Si/c1-5-27-21-22-28(34(31(27)23-35)32(36)37-24-26-15-9-6-10-16-26)25-38-39(33(2,3)4,29-17-11-7-12-18-29)30-19-13-8-14-20-30/h5-20,27-28,31,35H,1,21-25H2,2-4H3/t27-,28+,31+/m1/s1. The van der Waals surface area contributed by atoms with Crippen molar-refractivity contribution in [3.63, 3.8) is 0 Å². The lowest BCUT2D eigenvalue weighted by Crippen LogP contribution is -2.68. The van der Waals surface area contributed by atoms with Crippen molar-refractivity contribution in [3.05, 3.63) is 109 Å². The zero-order valence-electron chi connectivity index (χ0n) is 23.3. The summed E-state index contributed by atoms with van der Waals surface area (Å²) in [5, 5.41) is 12.6. The van der Waals surface area contributed by atoms with Gasteiger partial charge in [0.05, 0.1) is 25.3 Å². The molecule has 1 heterocycles. The fourth-order valence-corrected chi connectivity index (χ4v) is 10.5. The van der Waals surface area contributed by atoms with Crippen molar-refractivity contribution in [2.24, 2.45) is 5.92 Å². The Balaban J connectivity index is 1.67. The third-order valence-corrected chi connectivity index (χ3v) is 12.9. The minimum absolute atomic E-state index is 0.0107. The molecule has 0 spiro atoms. The Morgan fingerprint density at radius 2 is 1.49 bits per heavy atom. The van der Waals surface area contributed by atoms with Crippen LogP contribution in [-0.2, 0) is 15.8 Å². The molecule has 1 aliphatic rings. The van der Waals surface area contributed by atoms with Gasteiger partial charge >= 0.3 is 6.09 Å². The van der Waals surface area contributed by atoms with Crippen LogP contribution in [0.2, 0.25) is 5.04 Å². The first kappa shape index (κ1) is 28.8. The third kappa shape index (κ3) is 6.19. The summed E-state index contributed by atoms with van der Waals surface area (Å²) in [4.78, 5) is 15.3. The van der Waals surface area contributed by atoms with Crippen LogP contribution in [0, 0.1) is 5.92 Å². The number of hydrogen-bond donors (Lipinski definition) is 1. The lowest BCUT2D eigenvalue weighted by molar-refractivity contribution is -0.00582. The van der Waals surface area contributed by atoms with Crippen LogP contribution in [0.1, 0.15) is 39.2 Å². The number of aliphatic hydroxyl groups is 1. The van der Waals surface area contributed by atoms with E-state index in [1.807, 2.05) is 48.5 Å². The van der Waals surface area contributed by atoms with Gasteiger partial charge in [0.15, 0.2) is 0 Å². The van der Waals surface area contributed by atoms with Crippen molar-refractivity contribution in [1.82, 2.24) is 4.90 Å². The molecule has 1 N–H and O–H groups in total. The van der Waals surface area contributed by atoms with Gasteiger partial charge in [-0.15, -0.1) is 6.58 Å². The molecular formula is C33H41NO4Si. The molecule has 206 valence electrons. The highest BCUT2D eigenvalue weighted by molar-refractivity contribution is 6.99. The Bertz CT molecular complexity index is 1160. The van der Waals surface area contributed by atoms with Crippen LogP contribution in [0.25, 0.3) is 0 Å². The Kier molecular flexibility index (Phi) is 9.43. The molecule has 6 heteroatoms. The Morgan fingerprint density at radius 3 is 1.97 bits per heavy atom. The predicted molar refractivity (Wildman–Crippen MR) is 160 cm³/mol. The second-order valence-electron chi connectivity index (χ2n) is 11.3. The molecule has 0 bridgehead atoms. The van der Waals surface area contributed by atoms with Crippen molar-refractivity contribution in [2.75, 3.05) is 13.2 Å². The first-order valence-electron chi connectivity index (χ1n) is 13.8. The van der Waals surface area contributed by atoms with Crippen molar-refractivity contribution < 1.29 is 19.1 Å². The summed E-state index contributed by atoms with van der Waals surface area (Å²) in [5.41, 5.74) is 0.920. The molecule has 3 atom stereocenters. The molecular weight excluding hydrogens is 502 g/mol. The summed E-state index contributed by atoms with van der Waals surface area (Å²) in [6, 6.07) is 30.0. The highest BCUT2D eigenvalue weighted by Crippen LogP contribution is 2.38. The van der Waals surface area contributed by atoms with Crippen LogP contribution in [0.15, 0.2) is 104 Å². The van der Waals surface area contributed by atoms with Gasteiger partial charge in [-0.25, -0.2) is 4.79 Å². The number of aliphatic hydroxyl groups excluding tert-OH is 1. The lowest BCUT2D eigenvalue weighted by Gasteiger charge is -2.47. The molecule has 4 rings (SSSR count). The van der Waals surface area contributed by atoms with E-state index in [9.17, 15) is 9.90 Å². The molecule has 0 unspecified atom stereocenters. The fraction of sp³-hybridized carbons (Fsp3) is 0.364. The van der Waals surface area contributed by atoms with Gasteiger partial charge in [0.25, 0.3) is 8.32 Å². The fourth-order valence-electron chi connectivity index (χ4n) is 5.92. The molecule has 5 nitrogen and oxygen atoms in total. The molecule has 3 aromatic rings. The van der Waals surface area contributed by atoms with Gasteiger partial charge in [-0.05, 0) is 39.7 Å². The predicted octanol–water partition coefficient (Wildman–Crippen LogP) is 5.53. The first-order valence-corrected chi connectivity index (χ1v) is 15.7. The molecule has 0 aliphatic carbocycles. The van der Waals surface area contributed by atoms with Crippen molar-refractivity contribution in [3.8, 4) is 0 Å². The van der Waals surface area contributed by atoms with Gasteiger partial charge in [-0.1, -0.05) is 118 Å². The molecule has 1 aliphatic heterocycles. The maximum atomic E-state index is 13.6. The van der Waals surface area contributed by atoms with Gasteiger partial charge in [-0.2, -0.15) is 0 Å². The van der Waals surface area contributed by atoms with E-state index in [0.717, 1.165) is 18.4 Å². The molecule has 0 radical (unpaired) electrons. The van der Waals surface area contributed by atoms with Crippen molar-refractivity contribution in [2.45, 2.75) is 57.3 Å². The first-order chi connectivity index (χ1) is 18.8. The maximum Gasteiger partial charge on any atom is 0.410 e. The molecule has 3 aromatic carbocycles. The van der Waals surface area contributed by atoms with Crippen LogP contribution in [0.4, 0.5) is 4.79 Å². The zero-order chi connectivity index (χ0) is 27.9. The van der Waals surface area contributed by atoms with E-state index in [1.54, 1.807) is 4.90 Å². The second kappa shape index (κ2) is 12.8. The number of ether oxygens (including phenoxy) is 1. The van der Waals surface area contributed by atoms with Crippen LogP contribution >= 0.6 is 0 Å². The van der Waals surface area contributed by atoms with E-state index in [2.05, 4.69) is 75.9 Å². The summed E-state index contributed by atoms with van der Waals surface area (Å²) in [7, 11) is -2.79. The summed E-state index contributed by atoms with van der Waals surface area (Å²) >= 11 is 0. The molecule has 0 aromatic heterocycles. The van der Waals surface area contributed by atoms with Gasteiger partial charge in [-0.3, -0.25) is 4.90 Å². The Morgan fingerprint density at radius 1 is 0.949 bits per heavy atom. The highest BCUT2D eigenvalue weighted by Gasteiger charge is 2.51. The monoisotopic (exact) mass is 543 g/mol. The van der Waals surface area contributed by atoms with E-state index in [-0.39, 0.29) is 30.2 Å². The normalized spacial score (nSPS) is 19.9. The van der Waals surface area contributed by atoms with Crippen molar-refractivity contribution >= 4 is 24.8 Å². The topological polar surface area (TPSA) is 59.0 Å². The average molecular weight is 544 g/mol. The number of likely N-dealkylation sites (tertiary alicyclic amines) is 1. The van der Waals surface area contributed by atoms with E-state index in [1.165, 1.54) is 10.4 Å². The SMILES string of the molecule is C=C[C@@H]1CC[C@@H](CO[Si](c2ccccc2)(c2ccccc2)C(C)(C)C)N(C(=O)OCc2ccccc2)[C@H]1CO. The summed E-state index contributed by atoms with van der Waals surface area (Å²) in [6.07, 6.45) is 2.98. The molecule has 0 saturated carbocycles. The minimum Gasteiger partial charge on any atom is -0.445 e. The van der Waals surface area contributed by atoms with Crippen molar-refractivity contribution in [1.29, 1.82) is 0 Å². The molecule has 39 heavy (non-hydrogen) atoms. The Labute approximate surface area is 234 Å². The average Bonchev–Trinajstić information content (AvgIpc) is 2.96. The van der Waals surface area contributed by atoms with E-state index in [4.69, 9.17) is 9.16 Å².